The fourth-order valence-corrected chi connectivity index (χ4v) is 9.71. The molecular weight excluding hydrogens is 376 g/mol. The van der Waals surface area contributed by atoms with E-state index in [0.717, 1.165) is 51.4 Å². The number of aliphatic hydroxyl groups is 2. The molecule has 4 aliphatic carbocycles. The SMILES string of the molecule is C[C@H](CCC(=O)O)[C@H]1CC[C@@]2(C)[C@@H]3[C@@H](O)C[C@@H]4C[C@H](O)CC[C@]4(C)[C@@]3(C)CC[C@]12C. The van der Waals surface area contributed by atoms with Crippen LogP contribution in [-0.2, 0) is 4.79 Å². The van der Waals surface area contributed by atoms with Gasteiger partial charge in [0.1, 0.15) is 0 Å². The predicted molar refractivity (Wildman–Crippen MR) is 118 cm³/mol. The highest BCUT2D eigenvalue weighted by molar-refractivity contribution is 5.66. The van der Waals surface area contributed by atoms with Gasteiger partial charge >= 0.3 is 5.97 Å². The molecule has 0 bridgehead atoms. The first kappa shape index (κ1) is 22.6. The summed E-state index contributed by atoms with van der Waals surface area (Å²) in [5, 5.41) is 31.1. The lowest BCUT2D eigenvalue weighted by atomic mass is 9.34. The monoisotopic (exact) mass is 420 g/mol. The Bertz CT molecular complexity index is 693. The van der Waals surface area contributed by atoms with Crippen LogP contribution in [0, 0.1) is 45.3 Å². The first-order valence-electron chi connectivity index (χ1n) is 12.5. The van der Waals surface area contributed by atoms with Crippen molar-refractivity contribution in [2.75, 3.05) is 0 Å². The molecule has 0 unspecified atom stereocenters. The highest BCUT2D eigenvalue weighted by Crippen LogP contribution is 2.77. The summed E-state index contributed by atoms with van der Waals surface area (Å²) in [7, 11) is 0. The van der Waals surface area contributed by atoms with Crippen LogP contribution in [0.5, 0.6) is 0 Å². The summed E-state index contributed by atoms with van der Waals surface area (Å²) in [4.78, 5) is 11.2. The Hall–Kier alpha value is -0.610. The molecule has 4 fully saturated rings. The molecule has 0 saturated heterocycles. The Labute approximate surface area is 182 Å². The topological polar surface area (TPSA) is 77.8 Å². The first-order chi connectivity index (χ1) is 13.9. The summed E-state index contributed by atoms with van der Waals surface area (Å²) < 4.78 is 0. The second-order valence-corrected chi connectivity index (χ2v) is 12.6. The Morgan fingerprint density at radius 3 is 2.17 bits per heavy atom. The van der Waals surface area contributed by atoms with Gasteiger partial charge in [-0.15, -0.1) is 0 Å². The minimum Gasteiger partial charge on any atom is -0.481 e. The van der Waals surface area contributed by atoms with Crippen LogP contribution in [0.3, 0.4) is 0 Å². The van der Waals surface area contributed by atoms with E-state index in [1.54, 1.807) is 0 Å². The Balaban J connectivity index is 1.67. The van der Waals surface area contributed by atoms with Crippen LogP contribution in [0.25, 0.3) is 0 Å². The number of fused-ring (bicyclic) bond motifs is 5. The van der Waals surface area contributed by atoms with Crippen molar-refractivity contribution in [3.8, 4) is 0 Å². The minimum absolute atomic E-state index is 0.0889. The normalized spacial score (nSPS) is 54.0. The van der Waals surface area contributed by atoms with E-state index >= 15 is 0 Å². The number of aliphatic hydroxyl groups excluding tert-OH is 2. The van der Waals surface area contributed by atoms with E-state index in [4.69, 9.17) is 0 Å². The second kappa shape index (κ2) is 7.20. The summed E-state index contributed by atoms with van der Waals surface area (Å²) in [6.07, 6.45) is 8.79. The van der Waals surface area contributed by atoms with E-state index in [1.807, 2.05) is 0 Å². The first-order valence-corrected chi connectivity index (χ1v) is 12.5. The average Bonchev–Trinajstić information content (AvgIpc) is 2.93. The highest BCUT2D eigenvalue weighted by atomic mass is 16.4. The molecule has 4 saturated carbocycles. The van der Waals surface area contributed by atoms with Gasteiger partial charge in [0, 0.05) is 6.42 Å². The summed E-state index contributed by atoms with van der Waals surface area (Å²) in [6.45, 7) is 12.1. The third-order valence-corrected chi connectivity index (χ3v) is 11.8. The van der Waals surface area contributed by atoms with Crippen LogP contribution in [0.4, 0.5) is 0 Å². The smallest absolute Gasteiger partial charge is 0.303 e. The fraction of sp³-hybridized carbons (Fsp3) is 0.962. The average molecular weight is 421 g/mol. The Kier molecular flexibility index (Phi) is 5.42. The highest BCUT2D eigenvalue weighted by Gasteiger charge is 2.71. The molecule has 4 rings (SSSR count). The number of hydrogen-bond donors (Lipinski definition) is 3. The third kappa shape index (κ3) is 2.88. The van der Waals surface area contributed by atoms with E-state index in [9.17, 15) is 20.1 Å². The van der Waals surface area contributed by atoms with Gasteiger partial charge in [-0.2, -0.15) is 0 Å². The Morgan fingerprint density at radius 1 is 0.900 bits per heavy atom. The Morgan fingerprint density at radius 2 is 1.50 bits per heavy atom. The molecule has 4 aliphatic rings. The van der Waals surface area contributed by atoms with Crippen LogP contribution in [0.1, 0.15) is 98.8 Å². The molecule has 0 radical (unpaired) electrons. The van der Waals surface area contributed by atoms with Crippen molar-refractivity contribution in [1.82, 2.24) is 0 Å². The van der Waals surface area contributed by atoms with Crippen LogP contribution in [0.2, 0.25) is 0 Å². The van der Waals surface area contributed by atoms with Gasteiger partial charge in [-0.05, 0) is 103 Å². The number of carboxylic acid groups (broad SMARTS) is 1. The molecule has 0 aromatic heterocycles. The predicted octanol–water partition coefficient (Wildman–Crippen LogP) is 5.26. The van der Waals surface area contributed by atoms with E-state index in [2.05, 4.69) is 34.6 Å². The van der Waals surface area contributed by atoms with Crippen LogP contribution in [0.15, 0.2) is 0 Å². The molecule has 10 atom stereocenters. The van der Waals surface area contributed by atoms with Gasteiger partial charge in [-0.1, -0.05) is 34.6 Å². The van der Waals surface area contributed by atoms with E-state index in [0.29, 0.717) is 17.8 Å². The lowest BCUT2D eigenvalue weighted by molar-refractivity contribution is -0.252. The van der Waals surface area contributed by atoms with Crippen LogP contribution >= 0.6 is 0 Å². The fourth-order valence-electron chi connectivity index (χ4n) is 9.71. The van der Waals surface area contributed by atoms with Crippen molar-refractivity contribution in [2.45, 2.75) is 111 Å². The van der Waals surface area contributed by atoms with Crippen molar-refractivity contribution >= 4 is 5.97 Å². The maximum absolute atomic E-state index is 11.6. The van der Waals surface area contributed by atoms with Crippen LogP contribution < -0.4 is 0 Å². The van der Waals surface area contributed by atoms with Crippen molar-refractivity contribution in [2.24, 2.45) is 45.3 Å². The molecule has 0 aromatic carbocycles. The maximum atomic E-state index is 11.6. The molecule has 3 N–H and O–H groups in total. The lowest BCUT2D eigenvalue weighted by Crippen LogP contribution is -2.67. The minimum atomic E-state index is -0.690. The maximum Gasteiger partial charge on any atom is 0.303 e. The van der Waals surface area contributed by atoms with E-state index < -0.39 is 5.97 Å². The summed E-state index contributed by atoms with van der Waals surface area (Å²) in [5.41, 5.74) is 0.537. The molecule has 4 heteroatoms. The number of rotatable bonds is 4. The molecule has 0 spiro atoms. The quantitative estimate of drug-likeness (QED) is 0.580. The van der Waals surface area contributed by atoms with Gasteiger partial charge in [0.05, 0.1) is 12.2 Å². The number of aliphatic carboxylic acids is 1. The lowest BCUT2D eigenvalue weighted by Gasteiger charge is -2.71. The molecule has 30 heavy (non-hydrogen) atoms. The standard InChI is InChI=1S/C26H44O4/c1-16(6-7-21(29)30)19-9-11-25(4)22-20(28)15-17-14-18(27)8-10-23(17,2)26(22,5)13-12-24(19,25)3/h16-20,22,27-28H,6-15H2,1-5H3,(H,29,30)/t16-,17+,18-,19-,20+,22+,23+,24-,25+,26+/m1/s1. The van der Waals surface area contributed by atoms with Gasteiger partial charge in [0.2, 0.25) is 0 Å². The van der Waals surface area contributed by atoms with Gasteiger partial charge in [-0.25, -0.2) is 0 Å². The van der Waals surface area contributed by atoms with Crippen LogP contribution in [-0.4, -0.2) is 33.5 Å². The van der Waals surface area contributed by atoms with Crippen molar-refractivity contribution in [3.63, 3.8) is 0 Å². The summed E-state index contributed by atoms with van der Waals surface area (Å²) in [6, 6.07) is 0. The zero-order chi connectivity index (χ0) is 22.1. The summed E-state index contributed by atoms with van der Waals surface area (Å²) >= 11 is 0. The van der Waals surface area contributed by atoms with Gasteiger partial charge in [0.15, 0.2) is 0 Å². The molecule has 4 nitrogen and oxygen atoms in total. The van der Waals surface area contributed by atoms with Gasteiger partial charge < -0.3 is 15.3 Å². The van der Waals surface area contributed by atoms with Crippen molar-refractivity contribution in [3.05, 3.63) is 0 Å². The molecule has 0 heterocycles. The molecule has 0 aliphatic heterocycles. The van der Waals surface area contributed by atoms with E-state index in [1.165, 1.54) is 6.42 Å². The van der Waals surface area contributed by atoms with Crippen molar-refractivity contribution < 1.29 is 20.1 Å². The van der Waals surface area contributed by atoms with Crippen molar-refractivity contribution in [1.29, 1.82) is 0 Å². The zero-order valence-electron chi connectivity index (χ0n) is 19.8. The van der Waals surface area contributed by atoms with E-state index in [-0.39, 0.29) is 46.2 Å². The molecular formula is C26H44O4. The second-order valence-electron chi connectivity index (χ2n) is 12.6. The zero-order valence-corrected chi connectivity index (χ0v) is 19.8. The van der Waals surface area contributed by atoms with Gasteiger partial charge in [0.25, 0.3) is 0 Å². The van der Waals surface area contributed by atoms with Gasteiger partial charge in [-0.3, -0.25) is 4.79 Å². The molecule has 0 aromatic rings. The number of carboxylic acids is 1. The number of hydrogen-bond acceptors (Lipinski definition) is 3. The molecule has 172 valence electrons. The largest absolute Gasteiger partial charge is 0.481 e. The molecule has 0 amide bonds. The summed E-state index contributed by atoms with van der Waals surface area (Å²) in [5.74, 6) is 0.961. The third-order valence-electron chi connectivity index (χ3n) is 11.8. The number of carbonyl (C=O) groups is 1.